The van der Waals surface area contributed by atoms with Crippen LogP contribution in [-0.4, -0.2) is 6.04 Å². The van der Waals surface area contributed by atoms with E-state index in [4.69, 9.17) is 4.42 Å². The van der Waals surface area contributed by atoms with Gasteiger partial charge in [-0.25, -0.2) is 0 Å². The molecule has 0 saturated carbocycles. The first-order valence-electron chi connectivity index (χ1n) is 6.19. The summed E-state index contributed by atoms with van der Waals surface area (Å²) in [5.41, 5.74) is 1.30. The Morgan fingerprint density at radius 1 is 1.17 bits per heavy atom. The molecule has 0 bridgehead atoms. The lowest BCUT2D eigenvalue weighted by Crippen LogP contribution is -2.30. The van der Waals surface area contributed by atoms with Gasteiger partial charge in [0.1, 0.15) is 5.76 Å². The monoisotopic (exact) mass is 307 g/mol. The van der Waals surface area contributed by atoms with Gasteiger partial charge in [0.05, 0.1) is 6.26 Å². The van der Waals surface area contributed by atoms with Crippen LogP contribution in [0.1, 0.15) is 31.2 Å². The molecule has 96 valence electrons. The van der Waals surface area contributed by atoms with Crippen LogP contribution in [0.4, 0.5) is 0 Å². The fraction of sp³-hybridized carbons (Fsp3) is 0.333. The third-order valence-electron chi connectivity index (χ3n) is 2.99. The van der Waals surface area contributed by atoms with E-state index < -0.39 is 0 Å². The van der Waals surface area contributed by atoms with Crippen LogP contribution in [0.25, 0.3) is 0 Å². The van der Waals surface area contributed by atoms with Gasteiger partial charge in [0.2, 0.25) is 0 Å². The van der Waals surface area contributed by atoms with E-state index in [9.17, 15) is 0 Å². The van der Waals surface area contributed by atoms with E-state index >= 15 is 0 Å². The van der Waals surface area contributed by atoms with Crippen molar-refractivity contribution in [3.8, 4) is 0 Å². The number of nitrogens with one attached hydrogen (secondary N) is 1. The van der Waals surface area contributed by atoms with Crippen molar-refractivity contribution in [3.63, 3.8) is 0 Å². The molecule has 0 spiro atoms. The number of hydrogen-bond acceptors (Lipinski definition) is 2. The molecular formula is C15H18BrNO. The summed E-state index contributed by atoms with van der Waals surface area (Å²) in [5.74, 6) is 1.03. The van der Waals surface area contributed by atoms with Gasteiger partial charge < -0.3 is 9.73 Å². The highest BCUT2D eigenvalue weighted by molar-refractivity contribution is 9.10. The average molecular weight is 308 g/mol. The SMILES string of the molecule is CC(Cc1ccco1)N[C@H](C)c1ccc(Br)cc1. The minimum absolute atomic E-state index is 0.336. The zero-order chi connectivity index (χ0) is 13.0. The summed E-state index contributed by atoms with van der Waals surface area (Å²) in [7, 11) is 0. The number of benzene rings is 1. The molecule has 0 amide bonds. The van der Waals surface area contributed by atoms with Gasteiger partial charge in [-0.2, -0.15) is 0 Å². The van der Waals surface area contributed by atoms with E-state index in [0.29, 0.717) is 12.1 Å². The Kier molecular flexibility index (Phi) is 4.61. The van der Waals surface area contributed by atoms with Gasteiger partial charge in [0.15, 0.2) is 0 Å². The fourth-order valence-corrected chi connectivity index (χ4v) is 2.33. The molecule has 0 aliphatic carbocycles. The second kappa shape index (κ2) is 6.21. The van der Waals surface area contributed by atoms with Crippen LogP contribution < -0.4 is 5.32 Å². The molecule has 0 aliphatic heterocycles. The van der Waals surface area contributed by atoms with Crippen LogP contribution in [0, 0.1) is 0 Å². The van der Waals surface area contributed by atoms with Crippen molar-refractivity contribution < 1.29 is 4.42 Å². The quantitative estimate of drug-likeness (QED) is 0.889. The lowest BCUT2D eigenvalue weighted by atomic mass is 10.1. The van der Waals surface area contributed by atoms with E-state index in [1.54, 1.807) is 6.26 Å². The van der Waals surface area contributed by atoms with Crippen LogP contribution in [0.5, 0.6) is 0 Å². The van der Waals surface area contributed by atoms with Crippen molar-refractivity contribution in [1.29, 1.82) is 0 Å². The van der Waals surface area contributed by atoms with Crippen LogP contribution in [0.15, 0.2) is 51.6 Å². The van der Waals surface area contributed by atoms with Crippen molar-refractivity contribution >= 4 is 15.9 Å². The number of rotatable bonds is 5. The Labute approximate surface area is 117 Å². The third kappa shape index (κ3) is 3.72. The van der Waals surface area contributed by atoms with Gasteiger partial charge in [-0.05, 0) is 43.7 Å². The van der Waals surface area contributed by atoms with Crippen LogP contribution in [-0.2, 0) is 6.42 Å². The molecule has 0 aliphatic rings. The maximum atomic E-state index is 5.36. The highest BCUT2D eigenvalue weighted by Crippen LogP contribution is 2.17. The normalized spacial score (nSPS) is 14.4. The highest BCUT2D eigenvalue weighted by atomic mass is 79.9. The molecule has 0 fully saturated rings. The van der Waals surface area contributed by atoms with Gasteiger partial charge >= 0.3 is 0 Å². The summed E-state index contributed by atoms with van der Waals surface area (Å²) in [6.07, 6.45) is 2.63. The molecule has 18 heavy (non-hydrogen) atoms. The standard InChI is InChI=1S/C15H18BrNO/c1-11(10-15-4-3-9-18-15)17-12(2)13-5-7-14(16)8-6-13/h3-9,11-12,17H,10H2,1-2H3/t11?,12-/m1/s1. The third-order valence-corrected chi connectivity index (χ3v) is 3.52. The number of hydrogen-bond donors (Lipinski definition) is 1. The molecule has 2 aromatic rings. The Hall–Kier alpha value is -1.06. The summed E-state index contributed by atoms with van der Waals surface area (Å²) >= 11 is 3.45. The van der Waals surface area contributed by atoms with E-state index in [-0.39, 0.29) is 0 Å². The molecule has 1 N–H and O–H groups in total. The summed E-state index contributed by atoms with van der Waals surface area (Å²) in [6.45, 7) is 4.36. The van der Waals surface area contributed by atoms with Gasteiger partial charge in [0.25, 0.3) is 0 Å². The summed E-state index contributed by atoms with van der Waals surface area (Å²) in [5, 5.41) is 3.58. The summed E-state index contributed by atoms with van der Waals surface area (Å²) in [6, 6.07) is 13.1. The molecule has 1 heterocycles. The number of halogens is 1. The van der Waals surface area contributed by atoms with Crippen LogP contribution in [0.2, 0.25) is 0 Å². The predicted molar refractivity (Wildman–Crippen MR) is 77.6 cm³/mol. The fourth-order valence-electron chi connectivity index (χ4n) is 2.06. The predicted octanol–water partition coefficient (Wildman–Crippen LogP) is 4.32. The van der Waals surface area contributed by atoms with E-state index in [1.165, 1.54) is 5.56 Å². The molecule has 1 aromatic carbocycles. The van der Waals surface area contributed by atoms with E-state index in [0.717, 1.165) is 16.7 Å². The Bertz CT molecular complexity index is 464. The van der Waals surface area contributed by atoms with Crippen molar-refractivity contribution in [2.24, 2.45) is 0 Å². The van der Waals surface area contributed by atoms with Crippen molar-refractivity contribution in [2.45, 2.75) is 32.4 Å². The van der Waals surface area contributed by atoms with Crippen molar-refractivity contribution in [1.82, 2.24) is 5.32 Å². The minimum atomic E-state index is 0.336. The van der Waals surface area contributed by atoms with Gasteiger partial charge in [-0.1, -0.05) is 28.1 Å². The van der Waals surface area contributed by atoms with Gasteiger partial charge in [0, 0.05) is 23.0 Å². The topological polar surface area (TPSA) is 25.2 Å². The van der Waals surface area contributed by atoms with Gasteiger partial charge in [-0.15, -0.1) is 0 Å². The average Bonchev–Trinajstić information content (AvgIpc) is 2.82. The van der Waals surface area contributed by atoms with E-state index in [1.807, 2.05) is 12.1 Å². The van der Waals surface area contributed by atoms with Gasteiger partial charge in [-0.3, -0.25) is 0 Å². The van der Waals surface area contributed by atoms with Crippen molar-refractivity contribution in [2.75, 3.05) is 0 Å². The molecule has 0 saturated heterocycles. The Morgan fingerprint density at radius 2 is 1.89 bits per heavy atom. The molecule has 0 radical (unpaired) electrons. The second-order valence-electron chi connectivity index (χ2n) is 4.62. The van der Waals surface area contributed by atoms with E-state index in [2.05, 4.69) is 59.4 Å². The Balaban J connectivity index is 1.90. The van der Waals surface area contributed by atoms with Crippen molar-refractivity contribution in [3.05, 3.63) is 58.5 Å². The Morgan fingerprint density at radius 3 is 2.50 bits per heavy atom. The molecule has 2 nitrogen and oxygen atoms in total. The lowest BCUT2D eigenvalue weighted by molar-refractivity contribution is 0.429. The first-order chi connectivity index (χ1) is 8.65. The van der Waals surface area contributed by atoms with Crippen LogP contribution >= 0.6 is 15.9 Å². The first kappa shape index (κ1) is 13.4. The smallest absolute Gasteiger partial charge is 0.105 e. The minimum Gasteiger partial charge on any atom is -0.469 e. The second-order valence-corrected chi connectivity index (χ2v) is 5.54. The molecule has 1 aromatic heterocycles. The molecule has 1 unspecified atom stereocenters. The zero-order valence-corrected chi connectivity index (χ0v) is 12.3. The lowest BCUT2D eigenvalue weighted by Gasteiger charge is -2.19. The van der Waals surface area contributed by atoms with Crippen LogP contribution in [0.3, 0.4) is 0 Å². The largest absolute Gasteiger partial charge is 0.469 e. The highest BCUT2D eigenvalue weighted by Gasteiger charge is 2.10. The maximum absolute atomic E-state index is 5.36. The molecular weight excluding hydrogens is 290 g/mol. The molecule has 2 atom stereocenters. The summed E-state index contributed by atoms with van der Waals surface area (Å²) < 4.78 is 6.47. The molecule has 3 heteroatoms. The summed E-state index contributed by atoms with van der Waals surface area (Å²) in [4.78, 5) is 0. The number of furan rings is 1. The first-order valence-corrected chi connectivity index (χ1v) is 6.98. The zero-order valence-electron chi connectivity index (χ0n) is 10.7. The maximum Gasteiger partial charge on any atom is 0.105 e. The molecule has 2 rings (SSSR count).